The molecule has 1 atom stereocenters. The highest BCUT2D eigenvalue weighted by Gasteiger charge is 2.30. The molecule has 242 valence electrons. The standard InChI is InChI=1S/C36H34FN9O2/c1-48-29-8-4-23(5-9-29)34-30-17-31-26(16-32(30)42-43-34)18-38-36(41-31)25-10-11-44(21-25)22-33(47)46-14-12-45(13-15-46)28-6-2-24(3-7-28)35-39-19-27(37)20-40-35/h2-9,16-20,25H,10-15,21-22H2,1H3,(H,42,43)/t25-/m1/s1. The SMILES string of the molecule is COc1ccc(-c2n[nH]c3cc4cnc([C@@H]5CCN(CC(=O)N6CCN(c7ccc(-c8ncc(F)cn8)cc7)CC6)C5)nc4cc23)cc1. The number of piperazine rings is 1. The number of nitrogens with one attached hydrogen (secondary N) is 1. The minimum atomic E-state index is -0.455. The smallest absolute Gasteiger partial charge is 0.236 e. The maximum Gasteiger partial charge on any atom is 0.236 e. The molecule has 0 saturated carbocycles. The third-order valence-electron chi connectivity index (χ3n) is 9.38. The number of hydrogen-bond acceptors (Lipinski definition) is 9. The van der Waals surface area contributed by atoms with Crippen molar-refractivity contribution in [1.82, 2.24) is 39.9 Å². The van der Waals surface area contributed by atoms with Crippen molar-refractivity contribution in [3.63, 3.8) is 0 Å². The van der Waals surface area contributed by atoms with Crippen LogP contribution in [0.15, 0.2) is 79.3 Å². The number of hydrogen-bond donors (Lipinski definition) is 1. The van der Waals surface area contributed by atoms with Crippen LogP contribution in [0, 0.1) is 5.82 Å². The molecule has 3 aromatic carbocycles. The zero-order valence-electron chi connectivity index (χ0n) is 26.5. The van der Waals surface area contributed by atoms with Gasteiger partial charge < -0.3 is 14.5 Å². The molecule has 2 fully saturated rings. The number of aromatic nitrogens is 6. The van der Waals surface area contributed by atoms with E-state index in [2.05, 4.69) is 36.0 Å². The summed E-state index contributed by atoms with van der Waals surface area (Å²) < 4.78 is 18.5. The number of rotatable bonds is 7. The Bertz CT molecular complexity index is 2080. The lowest BCUT2D eigenvalue weighted by atomic mass is 10.1. The summed E-state index contributed by atoms with van der Waals surface area (Å²) in [7, 11) is 1.66. The van der Waals surface area contributed by atoms with Gasteiger partial charge in [0.15, 0.2) is 11.6 Å². The summed E-state index contributed by atoms with van der Waals surface area (Å²) in [5, 5.41) is 9.70. The van der Waals surface area contributed by atoms with Crippen molar-refractivity contribution >= 4 is 33.4 Å². The van der Waals surface area contributed by atoms with Gasteiger partial charge in [0.1, 0.15) is 11.6 Å². The maximum absolute atomic E-state index is 13.3. The summed E-state index contributed by atoms with van der Waals surface area (Å²) in [5.41, 5.74) is 5.60. The first-order chi connectivity index (χ1) is 23.5. The second kappa shape index (κ2) is 12.6. The van der Waals surface area contributed by atoms with Crippen LogP contribution in [-0.4, -0.2) is 98.8 Å². The number of likely N-dealkylation sites (tertiary alicyclic amines) is 1. The van der Waals surface area contributed by atoms with Crippen LogP contribution < -0.4 is 9.64 Å². The second-order valence-electron chi connectivity index (χ2n) is 12.3. The van der Waals surface area contributed by atoms with Crippen LogP contribution in [0.4, 0.5) is 10.1 Å². The predicted molar refractivity (Wildman–Crippen MR) is 181 cm³/mol. The molecule has 1 N–H and O–H groups in total. The topological polar surface area (TPSA) is 116 Å². The molecule has 12 heteroatoms. The Morgan fingerprint density at radius 3 is 2.42 bits per heavy atom. The molecule has 1 amide bonds. The van der Waals surface area contributed by atoms with Crippen molar-refractivity contribution in [2.24, 2.45) is 0 Å². The van der Waals surface area contributed by atoms with Gasteiger partial charge in [0, 0.05) is 72.4 Å². The van der Waals surface area contributed by atoms with Gasteiger partial charge in [0.2, 0.25) is 5.91 Å². The van der Waals surface area contributed by atoms with E-state index in [1.165, 1.54) is 12.4 Å². The van der Waals surface area contributed by atoms with Gasteiger partial charge in [-0.2, -0.15) is 5.10 Å². The Morgan fingerprint density at radius 1 is 0.917 bits per heavy atom. The van der Waals surface area contributed by atoms with Crippen molar-refractivity contribution in [1.29, 1.82) is 0 Å². The second-order valence-corrected chi connectivity index (χ2v) is 12.3. The number of methoxy groups -OCH3 is 1. The summed E-state index contributed by atoms with van der Waals surface area (Å²) in [5.74, 6) is 1.98. The van der Waals surface area contributed by atoms with E-state index in [1.807, 2.05) is 65.7 Å². The quantitative estimate of drug-likeness (QED) is 0.259. The number of amides is 1. The summed E-state index contributed by atoms with van der Waals surface area (Å²) >= 11 is 0. The largest absolute Gasteiger partial charge is 0.497 e. The first-order valence-corrected chi connectivity index (χ1v) is 16.1. The summed E-state index contributed by atoms with van der Waals surface area (Å²) in [6.45, 7) is 4.86. The van der Waals surface area contributed by atoms with Crippen LogP contribution in [0.25, 0.3) is 44.5 Å². The lowest BCUT2D eigenvalue weighted by molar-refractivity contribution is -0.132. The van der Waals surface area contributed by atoms with Crippen molar-refractivity contribution < 1.29 is 13.9 Å². The molecule has 48 heavy (non-hydrogen) atoms. The van der Waals surface area contributed by atoms with Crippen molar-refractivity contribution in [2.75, 3.05) is 57.8 Å². The molecule has 0 bridgehead atoms. The van der Waals surface area contributed by atoms with E-state index in [-0.39, 0.29) is 11.8 Å². The fourth-order valence-electron chi connectivity index (χ4n) is 6.70. The summed E-state index contributed by atoms with van der Waals surface area (Å²) in [6.07, 6.45) is 5.15. The number of H-pyrrole nitrogens is 1. The van der Waals surface area contributed by atoms with E-state index in [9.17, 15) is 9.18 Å². The normalized spacial score (nSPS) is 17.0. The van der Waals surface area contributed by atoms with E-state index in [4.69, 9.17) is 14.7 Å². The van der Waals surface area contributed by atoms with Gasteiger partial charge in [-0.3, -0.25) is 14.8 Å². The third-order valence-corrected chi connectivity index (χ3v) is 9.38. The van der Waals surface area contributed by atoms with Gasteiger partial charge in [-0.15, -0.1) is 0 Å². The molecule has 2 aliphatic rings. The first-order valence-electron chi connectivity index (χ1n) is 16.1. The molecule has 0 aliphatic carbocycles. The number of nitrogens with zero attached hydrogens (tertiary/aromatic N) is 8. The maximum atomic E-state index is 13.3. The monoisotopic (exact) mass is 643 g/mol. The highest BCUT2D eigenvalue weighted by molar-refractivity contribution is 6.01. The summed E-state index contributed by atoms with van der Waals surface area (Å²) in [4.78, 5) is 37.6. The average molecular weight is 644 g/mol. The van der Waals surface area contributed by atoms with Gasteiger partial charge in [-0.1, -0.05) is 0 Å². The minimum Gasteiger partial charge on any atom is -0.497 e. The molecule has 0 radical (unpaired) electrons. The van der Waals surface area contributed by atoms with E-state index < -0.39 is 5.82 Å². The molecular weight excluding hydrogens is 609 g/mol. The molecule has 0 unspecified atom stereocenters. The van der Waals surface area contributed by atoms with Crippen LogP contribution in [0.3, 0.4) is 0 Å². The van der Waals surface area contributed by atoms with Crippen LogP contribution in [0.1, 0.15) is 18.2 Å². The number of anilines is 1. The molecule has 3 aromatic heterocycles. The molecular formula is C36H34FN9O2. The highest BCUT2D eigenvalue weighted by Crippen LogP contribution is 2.32. The first kappa shape index (κ1) is 29.9. The number of benzene rings is 3. The molecule has 2 aliphatic heterocycles. The van der Waals surface area contributed by atoms with Crippen LogP contribution in [0.5, 0.6) is 5.75 Å². The fourth-order valence-corrected chi connectivity index (χ4v) is 6.70. The number of carbonyl (C=O) groups is 1. The molecule has 5 heterocycles. The van der Waals surface area contributed by atoms with E-state index >= 15 is 0 Å². The fraction of sp³-hybridized carbons (Fsp3) is 0.278. The van der Waals surface area contributed by atoms with E-state index in [1.54, 1.807) is 7.11 Å². The number of halogens is 1. The average Bonchev–Trinajstić information content (AvgIpc) is 3.78. The molecule has 2 saturated heterocycles. The van der Waals surface area contributed by atoms with Crippen LogP contribution >= 0.6 is 0 Å². The predicted octanol–water partition coefficient (Wildman–Crippen LogP) is 4.92. The third kappa shape index (κ3) is 5.90. The number of ether oxygens (including phenoxy) is 1. The highest BCUT2D eigenvalue weighted by atomic mass is 19.1. The van der Waals surface area contributed by atoms with Crippen molar-refractivity contribution in [3.8, 4) is 28.4 Å². The van der Waals surface area contributed by atoms with Gasteiger partial charge >= 0.3 is 0 Å². The van der Waals surface area contributed by atoms with Crippen molar-refractivity contribution in [2.45, 2.75) is 12.3 Å². The zero-order chi connectivity index (χ0) is 32.6. The molecule has 6 aromatic rings. The zero-order valence-corrected chi connectivity index (χ0v) is 26.5. The Morgan fingerprint density at radius 2 is 1.67 bits per heavy atom. The minimum absolute atomic E-state index is 0.159. The van der Waals surface area contributed by atoms with Crippen molar-refractivity contribution in [3.05, 3.63) is 90.9 Å². The number of aromatic amines is 1. The van der Waals surface area contributed by atoms with E-state index in [0.29, 0.717) is 25.5 Å². The Balaban J connectivity index is 0.879. The van der Waals surface area contributed by atoms with Gasteiger partial charge in [0.05, 0.1) is 42.8 Å². The van der Waals surface area contributed by atoms with Crippen LogP contribution in [0.2, 0.25) is 0 Å². The summed E-state index contributed by atoms with van der Waals surface area (Å²) in [6, 6.07) is 19.9. The number of carbonyl (C=O) groups excluding carboxylic acids is 1. The van der Waals surface area contributed by atoms with Crippen LogP contribution in [-0.2, 0) is 4.79 Å². The Labute approximate surface area is 276 Å². The molecule has 11 nitrogen and oxygen atoms in total. The molecule has 0 spiro atoms. The Hall–Kier alpha value is -5.49. The lowest BCUT2D eigenvalue weighted by Crippen LogP contribution is -2.51. The Kier molecular flexibility index (Phi) is 7.85. The van der Waals surface area contributed by atoms with E-state index in [0.717, 1.165) is 88.5 Å². The lowest BCUT2D eigenvalue weighted by Gasteiger charge is -2.36. The number of fused-ring (bicyclic) bond motifs is 2. The van der Waals surface area contributed by atoms with Gasteiger partial charge in [-0.25, -0.2) is 24.3 Å². The van der Waals surface area contributed by atoms with Gasteiger partial charge in [0.25, 0.3) is 0 Å². The molecule has 8 rings (SSSR count). The van der Waals surface area contributed by atoms with Gasteiger partial charge in [-0.05, 0) is 73.6 Å².